The highest BCUT2D eigenvalue weighted by atomic mass is 16.4. The van der Waals surface area contributed by atoms with Gasteiger partial charge in [-0.1, -0.05) is 0 Å². The van der Waals surface area contributed by atoms with Crippen molar-refractivity contribution in [3.63, 3.8) is 0 Å². The fourth-order valence-corrected chi connectivity index (χ4v) is 2.04. The minimum absolute atomic E-state index is 0.0677. The Hall–Kier alpha value is -1.89. The van der Waals surface area contributed by atoms with Crippen LogP contribution in [0.2, 0.25) is 0 Å². The van der Waals surface area contributed by atoms with Crippen LogP contribution in [0.3, 0.4) is 0 Å². The Labute approximate surface area is 111 Å². The molecule has 1 aromatic heterocycles. The van der Waals surface area contributed by atoms with Gasteiger partial charge in [-0.15, -0.1) is 0 Å². The third-order valence-corrected chi connectivity index (χ3v) is 3.18. The first-order valence-electron chi connectivity index (χ1n) is 6.17. The number of carboxylic acids is 1. The van der Waals surface area contributed by atoms with Gasteiger partial charge in [0, 0.05) is 25.7 Å². The third kappa shape index (κ3) is 3.11. The van der Waals surface area contributed by atoms with Crippen molar-refractivity contribution in [3.05, 3.63) is 12.4 Å². The fraction of sp³-hybridized carbons (Fsp3) is 0.583. The molecule has 1 aliphatic heterocycles. The van der Waals surface area contributed by atoms with Crippen molar-refractivity contribution >= 4 is 17.6 Å². The number of nitrogens with zero attached hydrogens (tertiary/aromatic N) is 4. The van der Waals surface area contributed by atoms with E-state index in [0.717, 1.165) is 13.1 Å². The Balaban J connectivity index is 2.02. The molecule has 7 nitrogen and oxygen atoms in total. The van der Waals surface area contributed by atoms with Gasteiger partial charge in [0.15, 0.2) is 0 Å². The van der Waals surface area contributed by atoms with E-state index in [4.69, 9.17) is 5.11 Å². The van der Waals surface area contributed by atoms with Crippen LogP contribution >= 0.6 is 0 Å². The minimum Gasteiger partial charge on any atom is -0.481 e. The van der Waals surface area contributed by atoms with Gasteiger partial charge in [0.25, 0.3) is 0 Å². The summed E-state index contributed by atoms with van der Waals surface area (Å²) in [4.78, 5) is 26.2. The van der Waals surface area contributed by atoms with E-state index < -0.39 is 11.9 Å². The molecule has 0 aromatic carbocycles. The molecule has 1 N–H and O–H groups in total. The molecule has 0 spiro atoms. The summed E-state index contributed by atoms with van der Waals surface area (Å²) in [6, 6.07) is 0. The Morgan fingerprint density at radius 1 is 1.58 bits per heavy atom. The van der Waals surface area contributed by atoms with Crippen LogP contribution in [-0.2, 0) is 16.1 Å². The zero-order valence-electron chi connectivity index (χ0n) is 11.1. The molecule has 7 heteroatoms. The Morgan fingerprint density at radius 2 is 2.32 bits per heavy atom. The van der Waals surface area contributed by atoms with Crippen LogP contribution in [0.5, 0.6) is 0 Å². The Kier molecular flexibility index (Phi) is 3.84. The second kappa shape index (κ2) is 5.40. The van der Waals surface area contributed by atoms with Crippen LogP contribution in [0.4, 0.5) is 5.69 Å². The summed E-state index contributed by atoms with van der Waals surface area (Å²) in [5.74, 6) is -1.69. The van der Waals surface area contributed by atoms with E-state index in [2.05, 4.69) is 5.10 Å². The molecule has 104 valence electrons. The predicted molar refractivity (Wildman–Crippen MR) is 68.9 cm³/mol. The van der Waals surface area contributed by atoms with Crippen molar-refractivity contribution in [2.75, 3.05) is 32.1 Å². The molecular formula is C12H18N4O3. The number of rotatable bonds is 5. The molecule has 1 aliphatic rings. The number of amides is 1. The molecule has 1 aromatic rings. The second-order valence-corrected chi connectivity index (χ2v) is 5.01. The molecule has 1 amide bonds. The van der Waals surface area contributed by atoms with Crippen molar-refractivity contribution < 1.29 is 14.7 Å². The average molecular weight is 266 g/mol. The second-order valence-electron chi connectivity index (χ2n) is 5.01. The van der Waals surface area contributed by atoms with Crippen LogP contribution in [0.15, 0.2) is 12.4 Å². The van der Waals surface area contributed by atoms with Crippen LogP contribution < -0.4 is 4.90 Å². The lowest BCUT2D eigenvalue weighted by Crippen LogP contribution is -2.25. The van der Waals surface area contributed by atoms with Crippen LogP contribution in [0.25, 0.3) is 0 Å². The maximum absolute atomic E-state index is 11.8. The lowest BCUT2D eigenvalue weighted by atomic mass is 10.1. The third-order valence-electron chi connectivity index (χ3n) is 3.18. The number of likely N-dealkylation sites (N-methyl/N-ethyl adjacent to an activating group) is 1. The number of carboxylic acid groups (broad SMARTS) is 1. The smallest absolute Gasteiger partial charge is 0.308 e. The molecule has 1 saturated heterocycles. The van der Waals surface area contributed by atoms with E-state index in [1.54, 1.807) is 17.1 Å². The first-order chi connectivity index (χ1) is 8.97. The summed E-state index contributed by atoms with van der Waals surface area (Å²) < 4.78 is 1.76. The first kappa shape index (κ1) is 13.5. The van der Waals surface area contributed by atoms with Crippen molar-refractivity contribution in [3.8, 4) is 0 Å². The highest BCUT2D eigenvalue weighted by Crippen LogP contribution is 2.24. The van der Waals surface area contributed by atoms with E-state index in [1.165, 1.54) is 4.90 Å². The Bertz CT molecular complexity index is 483. The number of anilines is 1. The zero-order valence-corrected chi connectivity index (χ0v) is 11.1. The summed E-state index contributed by atoms with van der Waals surface area (Å²) >= 11 is 0. The molecule has 2 rings (SSSR count). The predicted octanol–water partition coefficient (Wildman–Crippen LogP) is -0.118. The van der Waals surface area contributed by atoms with Crippen molar-refractivity contribution in [1.29, 1.82) is 0 Å². The summed E-state index contributed by atoms with van der Waals surface area (Å²) in [6.07, 6.45) is 3.46. The normalized spacial score (nSPS) is 19.4. The van der Waals surface area contributed by atoms with E-state index in [9.17, 15) is 9.59 Å². The number of carbonyl (C=O) groups excluding carboxylic acids is 1. The largest absolute Gasteiger partial charge is 0.481 e. The van der Waals surface area contributed by atoms with Gasteiger partial charge in [-0.25, -0.2) is 0 Å². The highest BCUT2D eigenvalue weighted by molar-refractivity contribution is 5.98. The van der Waals surface area contributed by atoms with Gasteiger partial charge < -0.3 is 14.9 Å². The highest BCUT2D eigenvalue weighted by Gasteiger charge is 2.35. The number of aliphatic carboxylic acids is 1. The summed E-state index contributed by atoms with van der Waals surface area (Å²) in [6.45, 7) is 1.82. The zero-order chi connectivity index (χ0) is 14.0. The lowest BCUT2D eigenvalue weighted by Gasteiger charge is -2.13. The standard InChI is InChI=1S/C12H18N4O3/c1-14(2)3-4-15-8-10(6-13-15)16-7-9(12(18)19)5-11(16)17/h6,8-9H,3-5,7H2,1-2H3,(H,18,19)/t9-/m0/s1. The van der Waals surface area contributed by atoms with Crippen LogP contribution in [-0.4, -0.2) is 58.8 Å². The topological polar surface area (TPSA) is 78.7 Å². The van der Waals surface area contributed by atoms with Gasteiger partial charge in [0.05, 0.1) is 24.3 Å². The number of hydrogen-bond acceptors (Lipinski definition) is 4. The van der Waals surface area contributed by atoms with Crippen LogP contribution in [0, 0.1) is 5.92 Å². The molecular weight excluding hydrogens is 248 g/mol. The number of aromatic nitrogens is 2. The van der Waals surface area contributed by atoms with E-state index in [-0.39, 0.29) is 18.9 Å². The quantitative estimate of drug-likeness (QED) is 0.804. The van der Waals surface area contributed by atoms with E-state index >= 15 is 0 Å². The van der Waals surface area contributed by atoms with Crippen molar-refractivity contribution in [2.24, 2.45) is 5.92 Å². The molecule has 2 heterocycles. The summed E-state index contributed by atoms with van der Waals surface area (Å²) in [7, 11) is 3.96. The molecule has 0 bridgehead atoms. The molecule has 0 saturated carbocycles. The molecule has 0 unspecified atom stereocenters. The monoisotopic (exact) mass is 266 g/mol. The molecule has 0 radical (unpaired) electrons. The van der Waals surface area contributed by atoms with Crippen LogP contribution in [0.1, 0.15) is 6.42 Å². The molecule has 19 heavy (non-hydrogen) atoms. The SMILES string of the molecule is CN(C)CCn1cc(N2C[C@@H](C(=O)O)CC2=O)cn1. The summed E-state index contributed by atoms with van der Waals surface area (Å²) in [5.41, 5.74) is 0.674. The maximum Gasteiger partial charge on any atom is 0.308 e. The van der Waals surface area contributed by atoms with Gasteiger partial charge in [-0.05, 0) is 14.1 Å². The van der Waals surface area contributed by atoms with Gasteiger partial charge in [0.1, 0.15) is 0 Å². The average Bonchev–Trinajstić information content (AvgIpc) is 2.92. The van der Waals surface area contributed by atoms with Gasteiger partial charge >= 0.3 is 5.97 Å². The molecule has 0 aliphatic carbocycles. The Morgan fingerprint density at radius 3 is 2.89 bits per heavy atom. The van der Waals surface area contributed by atoms with Gasteiger partial charge in [-0.2, -0.15) is 5.10 Å². The number of carbonyl (C=O) groups is 2. The van der Waals surface area contributed by atoms with Crippen molar-refractivity contribution in [2.45, 2.75) is 13.0 Å². The summed E-state index contributed by atoms with van der Waals surface area (Å²) in [5, 5.41) is 13.1. The van der Waals surface area contributed by atoms with Gasteiger partial charge in [0.2, 0.25) is 5.91 Å². The lowest BCUT2D eigenvalue weighted by molar-refractivity contribution is -0.141. The fourth-order valence-electron chi connectivity index (χ4n) is 2.04. The molecule has 1 fully saturated rings. The van der Waals surface area contributed by atoms with Gasteiger partial charge in [-0.3, -0.25) is 14.3 Å². The molecule has 1 atom stereocenters. The van der Waals surface area contributed by atoms with Crippen molar-refractivity contribution in [1.82, 2.24) is 14.7 Å². The van der Waals surface area contributed by atoms with E-state index in [1.807, 2.05) is 19.0 Å². The number of hydrogen-bond donors (Lipinski definition) is 1. The minimum atomic E-state index is -0.921. The van der Waals surface area contributed by atoms with E-state index in [0.29, 0.717) is 5.69 Å². The maximum atomic E-state index is 11.8. The first-order valence-corrected chi connectivity index (χ1v) is 6.17.